The van der Waals surface area contributed by atoms with E-state index in [1.165, 1.54) is 10.5 Å². The van der Waals surface area contributed by atoms with Crippen LogP contribution in [0.15, 0.2) is 47.8 Å². The van der Waals surface area contributed by atoms with Crippen molar-refractivity contribution in [1.29, 1.82) is 0 Å². The van der Waals surface area contributed by atoms with Crippen molar-refractivity contribution >= 4 is 16.0 Å². The smallest absolute Gasteiger partial charge is 0.312 e. The van der Waals surface area contributed by atoms with E-state index >= 15 is 0 Å². The standard InChI is InChI=1S/C28H37N5O5S/c1-6-11-32-17-24(30-31-32)18-38-26(28(4,5)27(34)35)22-8-7-20(3)23(13-22)16-33-15-19(2)12-21-9-10-29-14-25(21)39(33,36)37/h7-10,13-14,17,19,26H,6,11-12,15-16,18H2,1-5H3,(H,34,35)/t19-,26+/m0/s1. The largest absolute Gasteiger partial charge is 0.481 e. The van der Waals surface area contributed by atoms with Gasteiger partial charge in [-0.05, 0) is 67.9 Å². The van der Waals surface area contributed by atoms with Gasteiger partial charge in [0.25, 0.3) is 0 Å². The SMILES string of the molecule is CCCn1cc(CO[C@H](c2ccc(C)c(CN3C[C@@H](C)Cc4ccncc4S3(=O)=O)c2)C(C)(C)C(=O)O)nn1. The van der Waals surface area contributed by atoms with E-state index in [1.807, 2.05) is 39.0 Å². The molecule has 0 bridgehead atoms. The van der Waals surface area contributed by atoms with Gasteiger partial charge < -0.3 is 9.84 Å². The van der Waals surface area contributed by atoms with Gasteiger partial charge in [-0.1, -0.05) is 37.3 Å². The molecule has 1 aliphatic rings. The van der Waals surface area contributed by atoms with Crippen molar-refractivity contribution < 1.29 is 23.1 Å². The van der Waals surface area contributed by atoms with Crippen LogP contribution < -0.4 is 0 Å². The average molecular weight is 556 g/mol. The van der Waals surface area contributed by atoms with Crippen molar-refractivity contribution in [3.05, 3.63) is 70.8 Å². The van der Waals surface area contributed by atoms with E-state index in [0.29, 0.717) is 24.2 Å². The van der Waals surface area contributed by atoms with Crippen molar-refractivity contribution in [3.8, 4) is 0 Å². The molecule has 0 amide bonds. The number of aromatic nitrogens is 4. The van der Waals surface area contributed by atoms with Gasteiger partial charge in [0.15, 0.2) is 0 Å². The van der Waals surface area contributed by atoms with Gasteiger partial charge in [-0.15, -0.1) is 5.10 Å². The maximum absolute atomic E-state index is 13.6. The summed E-state index contributed by atoms with van der Waals surface area (Å²) in [5.41, 5.74) is 2.48. The zero-order valence-corrected chi connectivity index (χ0v) is 24.0. The monoisotopic (exact) mass is 555 g/mol. The molecule has 4 rings (SSSR count). The molecule has 39 heavy (non-hydrogen) atoms. The molecular formula is C28H37N5O5S. The molecule has 0 saturated carbocycles. The number of fused-ring (bicyclic) bond motifs is 1. The van der Waals surface area contributed by atoms with Gasteiger partial charge in [-0.2, -0.15) is 4.31 Å². The van der Waals surface area contributed by atoms with E-state index in [4.69, 9.17) is 4.74 Å². The summed E-state index contributed by atoms with van der Waals surface area (Å²) < 4.78 is 36.7. The van der Waals surface area contributed by atoms with Crippen LogP contribution >= 0.6 is 0 Å². The Morgan fingerprint density at radius 3 is 2.77 bits per heavy atom. The molecule has 3 aromatic rings. The molecule has 210 valence electrons. The molecule has 11 heteroatoms. The highest BCUT2D eigenvalue weighted by Gasteiger charge is 2.40. The molecule has 1 N–H and O–H groups in total. The molecule has 2 atom stereocenters. The fourth-order valence-electron chi connectivity index (χ4n) is 4.94. The number of carboxylic acids is 1. The second-order valence-electron chi connectivity index (χ2n) is 11.0. The van der Waals surface area contributed by atoms with E-state index in [1.54, 1.807) is 37.0 Å². The highest BCUT2D eigenvalue weighted by molar-refractivity contribution is 7.89. The number of benzene rings is 1. The maximum Gasteiger partial charge on any atom is 0.312 e. The second kappa shape index (κ2) is 11.5. The Labute approximate surface area is 230 Å². The summed E-state index contributed by atoms with van der Waals surface area (Å²) in [6, 6.07) is 7.38. The first-order valence-electron chi connectivity index (χ1n) is 13.2. The third-order valence-electron chi connectivity index (χ3n) is 7.24. The fraction of sp³-hybridized carbons (Fsp3) is 0.500. The number of sulfonamides is 1. The molecular weight excluding hydrogens is 518 g/mol. The van der Waals surface area contributed by atoms with Crippen LogP contribution in [0.4, 0.5) is 0 Å². The summed E-state index contributed by atoms with van der Waals surface area (Å²) in [5, 5.41) is 18.3. The minimum absolute atomic E-state index is 0.0934. The summed E-state index contributed by atoms with van der Waals surface area (Å²) in [7, 11) is -3.76. The van der Waals surface area contributed by atoms with Crippen LogP contribution in [0.1, 0.15) is 68.2 Å². The molecule has 2 aromatic heterocycles. The number of aryl methyl sites for hydroxylation is 2. The normalized spacial score (nSPS) is 18.3. The van der Waals surface area contributed by atoms with E-state index in [0.717, 1.165) is 29.7 Å². The Kier molecular flexibility index (Phi) is 8.53. The number of ether oxygens (including phenoxy) is 1. The first-order chi connectivity index (χ1) is 18.4. The van der Waals surface area contributed by atoms with Crippen molar-refractivity contribution in [2.45, 2.75) is 78.2 Å². The minimum Gasteiger partial charge on any atom is -0.481 e. The topological polar surface area (TPSA) is 128 Å². The highest BCUT2D eigenvalue weighted by atomic mass is 32.2. The summed E-state index contributed by atoms with van der Waals surface area (Å²) in [6.07, 6.45) is 5.60. The molecule has 0 fully saturated rings. The number of hydrogen-bond acceptors (Lipinski definition) is 7. The molecule has 0 unspecified atom stereocenters. The minimum atomic E-state index is -3.76. The number of pyridine rings is 1. The lowest BCUT2D eigenvalue weighted by Gasteiger charge is -2.31. The van der Waals surface area contributed by atoms with Gasteiger partial charge >= 0.3 is 5.97 Å². The number of hydrogen-bond donors (Lipinski definition) is 1. The van der Waals surface area contributed by atoms with Crippen molar-refractivity contribution in [2.75, 3.05) is 6.54 Å². The number of nitrogens with zero attached hydrogens (tertiary/aromatic N) is 5. The average Bonchev–Trinajstić information content (AvgIpc) is 3.29. The fourth-order valence-corrected chi connectivity index (χ4v) is 6.66. The first kappa shape index (κ1) is 28.8. The van der Waals surface area contributed by atoms with Crippen LogP contribution in [0.2, 0.25) is 0 Å². The molecule has 3 heterocycles. The quantitative estimate of drug-likeness (QED) is 0.395. The molecule has 10 nitrogen and oxygen atoms in total. The summed E-state index contributed by atoms with van der Waals surface area (Å²) in [5.74, 6) is -0.882. The predicted octanol–water partition coefficient (Wildman–Crippen LogP) is 4.14. The predicted molar refractivity (Wildman–Crippen MR) is 145 cm³/mol. The Balaban J connectivity index is 1.65. The van der Waals surface area contributed by atoms with Crippen LogP contribution in [0, 0.1) is 18.3 Å². The van der Waals surface area contributed by atoms with Crippen LogP contribution in [0.5, 0.6) is 0 Å². The van der Waals surface area contributed by atoms with Crippen LogP contribution in [-0.2, 0) is 45.7 Å². The van der Waals surface area contributed by atoms with Crippen molar-refractivity contribution in [3.63, 3.8) is 0 Å². The lowest BCUT2D eigenvalue weighted by atomic mass is 9.81. The third kappa shape index (κ3) is 6.21. The van der Waals surface area contributed by atoms with Gasteiger partial charge in [0, 0.05) is 32.0 Å². The van der Waals surface area contributed by atoms with Crippen molar-refractivity contribution in [1.82, 2.24) is 24.3 Å². The molecule has 0 spiro atoms. The van der Waals surface area contributed by atoms with Gasteiger partial charge in [0.05, 0.1) is 24.3 Å². The zero-order chi connectivity index (χ0) is 28.4. The lowest BCUT2D eigenvalue weighted by molar-refractivity contribution is -0.158. The molecule has 0 aliphatic carbocycles. The van der Waals surface area contributed by atoms with E-state index in [9.17, 15) is 18.3 Å². The maximum atomic E-state index is 13.6. The summed E-state index contributed by atoms with van der Waals surface area (Å²) in [4.78, 5) is 16.6. The molecule has 0 saturated heterocycles. The number of carboxylic acid groups (broad SMARTS) is 1. The summed E-state index contributed by atoms with van der Waals surface area (Å²) >= 11 is 0. The first-order valence-corrected chi connectivity index (χ1v) is 14.6. The van der Waals surface area contributed by atoms with Crippen LogP contribution in [0.3, 0.4) is 0 Å². The Bertz CT molecular complexity index is 1440. The second-order valence-corrected chi connectivity index (χ2v) is 12.9. The third-order valence-corrected chi connectivity index (χ3v) is 9.12. The Morgan fingerprint density at radius 1 is 1.28 bits per heavy atom. The van der Waals surface area contributed by atoms with E-state index < -0.39 is 27.5 Å². The van der Waals surface area contributed by atoms with Crippen LogP contribution in [-0.4, -0.2) is 50.3 Å². The van der Waals surface area contributed by atoms with Crippen molar-refractivity contribution in [2.24, 2.45) is 11.3 Å². The number of aliphatic carboxylic acids is 1. The van der Waals surface area contributed by atoms with Gasteiger partial charge in [0.2, 0.25) is 10.0 Å². The molecule has 1 aliphatic heterocycles. The lowest BCUT2D eigenvalue weighted by Crippen LogP contribution is -2.34. The zero-order valence-electron chi connectivity index (χ0n) is 23.2. The summed E-state index contributed by atoms with van der Waals surface area (Å²) in [6.45, 7) is 10.6. The van der Waals surface area contributed by atoms with Gasteiger partial charge in [-0.3, -0.25) is 14.5 Å². The Hall–Kier alpha value is -3.15. The molecule has 1 aromatic carbocycles. The van der Waals surface area contributed by atoms with E-state index in [2.05, 4.69) is 15.3 Å². The van der Waals surface area contributed by atoms with Crippen LogP contribution in [0.25, 0.3) is 0 Å². The number of rotatable bonds is 10. The highest BCUT2D eigenvalue weighted by Crippen LogP contribution is 2.39. The molecule has 0 radical (unpaired) electrons. The van der Waals surface area contributed by atoms with Gasteiger partial charge in [-0.25, -0.2) is 8.42 Å². The van der Waals surface area contributed by atoms with E-state index in [-0.39, 0.29) is 24.0 Å². The number of carbonyl (C=O) groups is 1. The Morgan fingerprint density at radius 2 is 2.05 bits per heavy atom. The van der Waals surface area contributed by atoms with Gasteiger partial charge in [0.1, 0.15) is 10.6 Å².